The lowest BCUT2D eigenvalue weighted by Crippen LogP contribution is -2.49. The summed E-state index contributed by atoms with van der Waals surface area (Å²) in [4.78, 5) is 40.3. The minimum absolute atomic E-state index is 0.202. The molecule has 0 aromatic heterocycles. The molecule has 1 aromatic rings. The second-order valence-corrected chi connectivity index (χ2v) is 7.89. The second-order valence-electron chi connectivity index (χ2n) is 7.89. The van der Waals surface area contributed by atoms with Gasteiger partial charge in [0.05, 0.1) is 0 Å². The molecule has 4 amide bonds. The van der Waals surface area contributed by atoms with E-state index >= 15 is 0 Å². The quantitative estimate of drug-likeness (QED) is 0.528. The summed E-state index contributed by atoms with van der Waals surface area (Å²) < 4.78 is 0. The highest BCUT2D eigenvalue weighted by Gasteiger charge is 2.51. The van der Waals surface area contributed by atoms with E-state index in [2.05, 4.69) is 27.7 Å². The van der Waals surface area contributed by atoms with Crippen molar-refractivity contribution in [3.63, 3.8) is 0 Å². The lowest BCUT2D eigenvalue weighted by molar-refractivity contribution is -0.135. The minimum atomic E-state index is -0.768. The van der Waals surface area contributed by atoms with E-state index in [1.807, 2.05) is 25.2 Å². The van der Waals surface area contributed by atoms with E-state index in [1.54, 1.807) is 0 Å². The van der Waals surface area contributed by atoms with Gasteiger partial charge in [-0.3, -0.25) is 14.5 Å². The van der Waals surface area contributed by atoms with Gasteiger partial charge < -0.3 is 15.5 Å². The smallest absolute Gasteiger partial charge is 0.325 e. The van der Waals surface area contributed by atoms with E-state index in [0.717, 1.165) is 43.7 Å². The molecule has 152 valence electrons. The number of nitrogens with one attached hydrogen (secondary N) is 2. The fourth-order valence-corrected chi connectivity index (χ4v) is 4.06. The van der Waals surface area contributed by atoms with Gasteiger partial charge >= 0.3 is 6.03 Å². The first-order valence-corrected chi connectivity index (χ1v) is 10.1. The fraction of sp³-hybridized carbons (Fsp3) is 0.571. The van der Waals surface area contributed by atoms with Gasteiger partial charge in [-0.15, -0.1) is 0 Å². The molecule has 0 atom stereocenters. The van der Waals surface area contributed by atoms with Gasteiger partial charge in [-0.2, -0.15) is 0 Å². The monoisotopic (exact) mass is 386 g/mol. The van der Waals surface area contributed by atoms with Crippen LogP contribution >= 0.6 is 0 Å². The van der Waals surface area contributed by atoms with Gasteiger partial charge in [0.15, 0.2) is 0 Å². The number of urea groups is 1. The molecule has 1 saturated heterocycles. The molecule has 0 bridgehead atoms. The van der Waals surface area contributed by atoms with Crippen molar-refractivity contribution >= 4 is 17.8 Å². The Balaban J connectivity index is 1.37. The van der Waals surface area contributed by atoms with Crippen molar-refractivity contribution in [1.82, 2.24) is 20.4 Å². The molecule has 1 heterocycles. The summed E-state index contributed by atoms with van der Waals surface area (Å²) in [6.45, 7) is 2.03. The minimum Gasteiger partial charge on any atom is -0.354 e. The zero-order valence-electron chi connectivity index (χ0n) is 16.6. The van der Waals surface area contributed by atoms with E-state index in [9.17, 15) is 14.4 Å². The topological polar surface area (TPSA) is 81.8 Å². The van der Waals surface area contributed by atoms with E-state index in [1.165, 1.54) is 5.56 Å². The SMILES string of the molecule is CN(CCCNC(=O)CN1C(=O)NC2(CCCCC2)C1=O)Cc1ccccc1. The van der Waals surface area contributed by atoms with Gasteiger partial charge in [-0.25, -0.2) is 4.79 Å². The first-order chi connectivity index (χ1) is 13.5. The normalized spacial score (nSPS) is 18.6. The fourth-order valence-electron chi connectivity index (χ4n) is 4.06. The van der Waals surface area contributed by atoms with E-state index < -0.39 is 11.6 Å². The highest BCUT2D eigenvalue weighted by Crippen LogP contribution is 2.33. The largest absolute Gasteiger partial charge is 0.354 e. The van der Waals surface area contributed by atoms with Gasteiger partial charge in [0.1, 0.15) is 12.1 Å². The molecule has 2 aliphatic rings. The van der Waals surface area contributed by atoms with Crippen molar-refractivity contribution in [2.45, 2.75) is 50.6 Å². The first-order valence-electron chi connectivity index (χ1n) is 10.1. The summed E-state index contributed by atoms with van der Waals surface area (Å²) in [5.41, 5.74) is 0.486. The van der Waals surface area contributed by atoms with Crippen LogP contribution in [-0.2, 0) is 16.1 Å². The molecule has 7 nitrogen and oxygen atoms in total. The molecule has 2 N–H and O–H groups in total. The standard InChI is InChI=1S/C21H30N4O3/c1-24(15-17-9-4-2-5-10-17)14-8-13-22-18(26)16-25-19(27)21(23-20(25)28)11-6-3-7-12-21/h2,4-5,9-10H,3,6-8,11-16H2,1H3,(H,22,26)(H,23,28). The van der Waals surface area contributed by atoms with E-state index in [-0.39, 0.29) is 18.4 Å². The number of imide groups is 1. The third-order valence-corrected chi connectivity index (χ3v) is 5.59. The number of carbonyl (C=O) groups is 3. The molecule has 1 spiro atoms. The maximum absolute atomic E-state index is 12.7. The summed E-state index contributed by atoms with van der Waals surface area (Å²) in [6.07, 6.45) is 5.10. The van der Waals surface area contributed by atoms with Gasteiger partial charge in [0.25, 0.3) is 5.91 Å². The Hall–Kier alpha value is -2.41. The van der Waals surface area contributed by atoms with Crippen LogP contribution in [0.25, 0.3) is 0 Å². The number of benzene rings is 1. The Labute approximate surface area is 166 Å². The van der Waals surface area contributed by atoms with Crippen molar-refractivity contribution < 1.29 is 14.4 Å². The molecule has 1 aliphatic carbocycles. The molecule has 0 radical (unpaired) electrons. The third kappa shape index (κ3) is 4.90. The highest BCUT2D eigenvalue weighted by atomic mass is 16.2. The number of hydrogen-bond donors (Lipinski definition) is 2. The Morgan fingerprint density at radius 3 is 2.61 bits per heavy atom. The molecule has 28 heavy (non-hydrogen) atoms. The zero-order chi connectivity index (χ0) is 20.0. The van der Waals surface area contributed by atoms with Gasteiger partial charge in [-0.1, -0.05) is 49.6 Å². The van der Waals surface area contributed by atoms with Gasteiger partial charge in [0, 0.05) is 13.1 Å². The maximum atomic E-state index is 12.7. The number of hydrogen-bond acceptors (Lipinski definition) is 4. The highest BCUT2D eigenvalue weighted by molar-refractivity contribution is 6.09. The Morgan fingerprint density at radius 1 is 1.18 bits per heavy atom. The van der Waals surface area contributed by atoms with Crippen LogP contribution in [0, 0.1) is 0 Å². The second kappa shape index (κ2) is 9.19. The van der Waals surface area contributed by atoms with Crippen LogP contribution in [0.2, 0.25) is 0 Å². The summed E-state index contributed by atoms with van der Waals surface area (Å²) >= 11 is 0. The number of amides is 4. The number of carbonyl (C=O) groups excluding carboxylic acids is 3. The molecule has 0 unspecified atom stereocenters. The molecule has 7 heteroatoms. The maximum Gasteiger partial charge on any atom is 0.325 e. The van der Waals surface area contributed by atoms with E-state index in [0.29, 0.717) is 19.4 Å². The molecule has 1 aromatic carbocycles. The van der Waals surface area contributed by atoms with Crippen LogP contribution in [0.5, 0.6) is 0 Å². The first kappa shape index (κ1) is 20.3. The Kier molecular flexibility index (Phi) is 6.67. The van der Waals surface area contributed by atoms with Crippen LogP contribution in [0.4, 0.5) is 4.79 Å². The zero-order valence-corrected chi connectivity index (χ0v) is 16.6. The lowest BCUT2D eigenvalue weighted by Gasteiger charge is -2.30. The van der Waals surface area contributed by atoms with Crippen LogP contribution < -0.4 is 10.6 Å². The molecule has 2 fully saturated rings. The van der Waals surface area contributed by atoms with Gasteiger partial charge in [0.2, 0.25) is 5.91 Å². The molecule has 3 rings (SSSR count). The summed E-state index contributed by atoms with van der Waals surface area (Å²) in [5.74, 6) is -0.531. The summed E-state index contributed by atoms with van der Waals surface area (Å²) in [7, 11) is 2.05. The predicted molar refractivity (Wildman–Crippen MR) is 106 cm³/mol. The van der Waals surface area contributed by atoms with Crippen molar-refractivity contribution in [3.8, 4) is 0 Å². The van der Waals surface area contributed by atoms with Crippen LogP contribution in [-0.4, -0.2) is 59.9 Å². The molecule has 1 saturated carbocycles. The summed E-state index contributed by atoms with van der Waals surface area (Å²) in [6, 6.07) is 9.79. The molecular formula is C21H30N4O3. The average Bonchev–Trinajstić information content (AvgIpc) is 2.90. The Morgan fingerprint density at radius 2 is 1.89 bits per heavy atom. The van der Waals surface area contributed by atoms with Crippen LogP contribution in [0.3, 0.4) is 0 Å². The van der Waals surface area contributed by atoms with Crippen molar-refractivity contribution in [2.75, 3.05) is 26.7 Å². The van der Waals surface area contributed by atoms with Crippen molar-refractivity contribution in [1.29, 1.82) is 0 Å². The third-order valence-electron chi connectivity index (χ3n) is 5.59. The molecule has 1 aliphatic heterocycles. The van der Waals surface area contributed by atoms with E-state index in [4.69, 9.17) is 0 Å². The summed E-state index contributed by atoms with van der Waals surface area (Å²) in [5, 5.41) is 5.65. The molecular weight excluding hydrogens is 356 g/mol. The lowest BCUT2D eigenvalue weighted by atomic mass is 9.82. The van der Waals surface area contributed by atoms with Crippen LogP contribution in [0.1, 0.15) is 44.1 Å². The van der Waals surface area contributed by atoms with Crippen LogP contribution in [0.15, 0.2) is 30.3 Å². The number of rotatable bonds is 8. The van der Waals surface area contributed by atoms with Crippen molar-refractivity contribution in [3.05, 3.63) is 35.9 Å². The van der Waals surface area contributed by atoms with Crippen molar-refractivity contribution in [2.24, 2.45) is 0 Å². The number of nitrogens with zero attached hydrogens (tertiary/aromatic N) is 2. The Bertz CT molecular complexity index is 701. The average molecular weight is 386 g/mol. The predicted octanol–water partition coefficient (Wildman–Crippen LogP) is 1.88. The van der Waals surface area contributed by atoms with Gasteiger partial charge in [-0.05, 0) is 38.4 Å².